The Balaban J connectivity index is 1.61. The summed E-state index contributed by atoms with van der Waals surface area (Å²) in [5, 5.41) is 0. The van der Waals surface area contributed by atoms with Crippen molar-refractivity contribution in [2.24, 2.45) is 0 Å². The standard InChI is InChI=1S/C16H16Br2O3S/c17-15-5-1-13(2-6-15)9-11-20-22(19)21-12-10-14-3-7-16(18)8-4-14/h1-8H,9-12H2. The van der Waals surface area contributed by atoms with Crippen molar-refractivity contribution in [3.8, 4) is 0 Å². The smallest absolute Gasteiger partial charge is 0.268 e. The van der Waals surface area contributed by atoms with E-state index in [0.717, 1.165) is 20.1 Å². The van der Waals surface area contributed by atoms with Crippen molar-refractivity contribution in [1.82, 2.24) is 0 Å². The molecule has 22 heavy (non-hydrogen) atoms. The summed E-state index contributed by atoms with van der Waals surface area (Å²) in [6.07, 6.45) is 1.41. The number of rotatable bonds is 8. The molecule has 2 rings (SSSR count). The second-order valence-corrected chi connectivity index (χ2v) is 7.31. The van der Waals surface area contributed by atoms with E-state index in [9.17, 15) is 4.21 Å². The van der Waals surface area contributed by atoms with Gasteiger partial charge in [0.2, 0.25) is 0 Å². The predicted molar refractivity (Wildman–Crippen MR) is 95.7 cm³/mol. The predicted octanol–water partition coefficient (Wildman–Crippen LogP) is 4.61. The van der Waals surface area contributed by atoms with Crippen LogP contribution in [0.15, 0.2) is 57.5 Å². The first-order valence-electron chi connectivity index (χ1n) is 6.81. The van der Waals surface area contributed by atoms with Gasteiger partial charge in [-0.1, -0.05) is 56.1 Å². The zero-order chi connectivity index (χ0) is 15.8. The molecule has 2 aromatic carbocycles. The molecule has 0 bridgehead atoms. The maximum absolute atomic E-state index is 11.6. The Labute approximate surface area is 150 Å². The van der Waals surface area contributed by atoms with E-state index in [-0.39, 0.29) is 0 Å². The topological polar surface area (TPSA) is 35.5 Å². The van der Waals surface area contributed by atoms with Crippen LogP contribution >= 0.6 is 31.9 Å². The molecule has 3 nitrogen and oxygen atoms in total. The molecule has 0 radical (unpaired) electrons. The van der Waals surface area contributed by atoms with Gasteiger partial charge in [-0.25, -0.2) is 0 Å². The molecule has 0 saturated carbocycles. The molecule has 0 aromatic heterocycles. The van der Waals surface area contributed by atoms with E-state index in [1.807, 2.05) is 48.5 Å². The fraction of sp³-hybridized carbons (Fsp3) is 0.250. The third-order valence-corrected chi connectivity index (χ3v) is 4.74. The van der Waals surface area contributed by atoms with Crippen molar-refractivity contribution < 1.29 is 12.6 Å². The highest BCUT2D eigenvalue weighted by atomic mass is 79.9. The monoisotopic (exact) mass is 446 g/mol. The molecule has 0 heterocycles. The first kappa shape index (κ1) is 17.8. The van der Waals surface area contributed by atoms with Crippen molar-refractivity contribution in [3.63, 3.8) is 0 Å². The maximum Gasteiger partial charge on any atom is 0.304 e. The lowest BCUT2D eigenvalue weighted by Crippen LogP contribution is -2.07. The quantitative estimate of drug-likeness (QED) is 0.592. The SMILES string of the molecule is O=S(OCCc1ccc(Br)cc1)OCCc1ccc(Br)cc1. The van der Waals surface area contributed by atoms with E-state index in [4.69, 9.17) is 8.37 Å². The van der Waals surface area contributed by atoms with Gasteiger partial charge in [0, 0.05) is 8.95 Å². The summed E-state index contributed by atoms with van der Waals surface area (Å²) in [7, 11) is 0. The average molecular weight is 448 g/mol. The molecule has 118 valence electrons. The van der Waals surface area contributed by atoms with Crippen LogP contribution in [0.3, 0.4) is 0 Å². The Bertz CT molecular complexity index is 546. The summed E-state index contributed by atoms with van der Waals surface area (Å²) in [5.74, 6) is 0. The molecule has 0 amide bonds. The fourth-order valence-corrected chi connectivity index (χ4v) is 2.83. The van der Waals surface area contributed by atoms with Crippen LogP contribution in [0.25, 0.3) is 0 Å². The van der Waals surface area contributed by atoms with Crippen LogP contribution < -0.4 is 0 Å². The van der Waals surface area contributed by atoms with Crippen LogP contribution in [0, 0.1) is 0 Å². The number of hydrogen-bond acceptors (Lipinski definition) is 3. The first-order chi connectivity index (χ1) is 10.6. The van der Waals surface area contributed by atoms with Crippen LogP contribution in [0.5, 0.6) is 0 Å². The maximum atomic E-state index is 11.6. The first-order valence-corrected chi connectivity index (χ1v) is 9.39. The van der Waals surface area contributed by atoms with E-state index in [0.29, 0.717) is 26.1 Å². The highest BCUT2D eigenvalue weighted by Gasteiger charge is 2.02. The van der Waals surface area contributed by atoms with Crippen molar-refractivity contribution in [2.45, 2.75) is 12.8 Å². The van der Waals surface area contributed by atoms with Crippen molar-refractivity contribution >= 4 is 43.2 Å². The van der Waals surface area contributed by atoms with E-state index in [1.165, 1.54) is 0 Å². The van der Waals surface area contributed by atoms with Gasteiger partial charge in [0.05, 0.1) is 13.2 Å². The second kappa shape index (κ2) is 9.57. The highest BCUT2D eigenvalue weighted by molar-refractivity contribution is 9.10. The molecule has 0 fully saturated rings. The number of benzene rings is 2. The number of hydrogen-bond donors (Lipinski definition) is 0. The van der Waals surface area contributed by atoms with Crippen molar-refractivity contribution in [3.05, 3.63) is 68.6 Å². The zero-order valence-corrected chi connectivity index (χ0v) is 15.8. The molecule has 0 aliphatic rings. The lowest BCUT2D eigenvalue weighted by atomic mass is 10.2. The van der Waals surface area contributed by atoms with E-state index < -0.39 is 11.4 Å². The molecule has 0 atom stereocenters. The molecule has 0 aliphatic heterocycles. The van der Waals surface area contributed by atoms with Crippen molar-refractivity contribution in [1.29, 1.82) is 0 Å². The molecule has 0 aliphatic carbocycles. The van der Waals surface area contributed by atoms with Gasteiger partial charge < -0.3 is 0 Å². The molecule has 0 saturated heterocycles. The summed E-state index contributed by atoms with van der Waals surface area (Å²) in [4.78, 5) is 0. The van der Waals surface area contributed by atoms with Gasteiger partial charge in [-0.15, -0.1) is 0 Å². The van der Waals surface area contributed by atoms with Gasteiger partial charge in [0.25, 0.3) is 0 Å². The largest absolute Gasteiger partial charge is 0.304 e. The van der Waals surface area contributed by atoms with Gasteiger partial charge in [-0.2, -0.15) is 4.21 Å². The van der Waals surface area contributed by atoms with Crippen LogP contribution in [-0.2, 0) is 32.6 Å². The minimum atomic E-state index is -1.69. The Hall–Kier alpha value is -0.530. The highest BCUT2D eigenvalue weighted by Crippen LogP contribution is 2.12. The average Bonchev–Trinajstić information content (AvgIpc) is 2.51. The summed E-state index contributed by atoms with van der Waals surface area (Å²) >= 11 is 5.08. The Kier molecular flexibility index (Phi) is 7.75. The number of halogens is 2. The van der Waals surface area contributed by atoms with Gasteiger partial charge in [0.15, 0.2) is 0 Å². The zero-order valence-electron chi connectivity index (χ0n) is 11.8. The summed E-state index contributed by atoms with van der Waals surface area (Å²) in [5.41, 5.74) is 2.27. The van der Waals surface area contributed by atoms with Crippen LogP contribution in [0.1, 0.15) is 11.1 Å². The Morgan fingerprint density at radius 1 is 0.727 bits per heavy atom. The van der Waals surface area contributed by atoms with Crippen LogP contribution in [0.4, 0.5) is 0 Å². The summed E-state index contributed by atoms with van der Waals surface area (Å²) < 4.78 is 24.0. The molecular weight excluding hydrogens is 432 g/mol. The minimum Gasteiger partial charge on any atom is -0.268 e. The molecule has 2 aromatic rings. The molecule has 0 N–H and O–H groups in total. The molecular formula is C16H16Br2O3S. The summed E-state index contributed by atoms with van der Waals surface area (Å²) in [6.45, 7) is 0.735. The minimum absolute atomic E-state index is 0.368. The fourth-order valence-electron chi connectivity index (χ4n) is 1.79. The van der Waals surface area contributed by atoms with E-state index >= 15 is 0 Å². The molecule has 0 spiro atoms. The van der Waals surface area contributed by atoms with Gasteiger partial charge >= 0.3 is 11.4 Å². The van der Waals surface area contributed by atoms with Gasteiger partial charge in [0.1, 0.15) is 0 Å². The lowest BCUT2D eigenvalue weighted by molar-refractivity contribution is 0.253. The van der Waals surface area contributed by atoms with Crippen LogP contribution in [0.2, 0.25) is 0 Å². The lowest BCUT2D eigenvalue weighted by Gasteiger charge is -2.05. The third-order valence-electron chi connectivity index (χ3n) is 2.97. The van der Waals surface area contributed by atoms with E-state index in [1.54, 1.807) is 0 Å². The van der Waals surface area contributed by atoms with E-state index in [2.05, 4.69) is 31.9 Å². The third kappa shape index (κ3) is 6.71. The Morgan fingerprint density at radius 2 is 1.09 bits per heavy atom. The van der Waals surface area contributed by atoms with Crippen LogP contribution in [-0.4, -0.2) is 17.4 Å². The molecule has 0 unspecified atom stereocenters. The summed E-state index contributed by atoms with van der Waals surface area (Å²) in [6, 6.07) is 15.9. The Morgan fingerprint density at radius 3 is 1.45 bits per heavy atom. The van der Waals surface area contributed by atoms with Gasteiger partial charge in [-0.05, 0) is 48.2 Å². The van der Waals surface area contributed by atoms with Gasteiger partial charge in [-0.3, -0.25) is 8.37 Å². The van der Waals surface area contributed by atoms with Crippen molar-refractivity contribution in [2.75, 3.05) is 13.2 Å². The second-order valence-electron chi connectivity index (χ2n) is 4.60. The normalized spacial score (nSPS) is 11.0. The molecule has 6 heteroatoms.